The van der Waals surface area contributed by atoms with Crippen LogP contribution in [0.4, 0.5) is 0 Å². The predicted molar refractivity (Wildman–Crippen MR) is 50.1 cm³/mol. The van der Waals surface area contributed by atoms with Crippen LogP contribution in [-0.4, -0.2) is 21.6 Å². The average Bonchev–Trinajstić information content (AvgIpc) is 2.60. The summed E-state index contributed by atoms with van der Waals surface area (Å²) >= 11 is 0. The summed E-state index contributed by atoms with van der Waals surface area (Å²) in [5.74, 6) is 0. The van der Waals surface area contributed by atoms with Gasteiger partial charge in [0.2, 0.25) is 0 Å². The molecule has 2 rings (SSSR count). The molecule has 0 spiro atoms. The molecule has 0 aliphatic heterocycles. The van der Waals surface area contributed by atoms with Gasteiger partial charge in [-0.3, -0.25) is 0 Å². The molecule has 4 N–H and O–H groups in total. The van der Waals surface area contributed by atoms with E-state index in [9.17, 15) is 5.11 Å². The standard InChI is InChI=1S/C9H11N3O/c10-4-8(13)7-5-12-9-6(7)2-1-3-11-9/h1-3,5,8,13H,4,10H2,(H,11,12). The maximum Gasteiger partial charge on any atom is 0.137 e. The van der Waals surface area contributed by atoms with Crippen molar-refractivity contribution >= 4 is 11.0 Å². The van der Waals surface area contributed by atoms with Crippen molar-refractivity contribution in [2.75, 3.05) is 6.54 Å². The number of H-pyrrole nitrogens is 1. The molecule has 2 heterocycles. The number of aliphatic hydroxyl groups excluding tert-OH is 1. The van der Waals surface area contributed by atoms with E-state index in [2.05, 4.69) is 9.97 Å². The number of pyridine rings is 1. The van der Waals surface area contributed by atoms with Gasteiger partial charge in [-0.1, -0.05) is 0 Å². The van der Waals surface area contributed by atoms with Crippen LogP contribution in [0.15, 0.2) is 24.5 Å². The molecule has 1 unspecified atom stereocenters. The van der Waals surface area contributed by atoms with Gasteiger partial charge in [-0.2, -0.15) is 0 Å². The number of aromatic nitrogens is 2. The molecule has 13 heavy (non-hydrogen) atoms. The Morgan fingerprint density at radius 3 is 3.23 bits per heavy atom. The largest absolute Gasteiger partial charge is 0.387 e. The van der Waals surface area contributed by atoms with Gasteiger partial charge in [0.15, 0.2) is 0 Å². The Balaban J connectivity index is 2.57. The van der Waals surface area contributed by atoms with Crippen LogP contribution in [-0.2, 0) is 0 Å². The fraction of sp³-hybridized carbons (Fsp3) is 0.222. The van der Waals surface area contributed by atoms with Crippen molar-refractivity contribution in [3.8, 4) is 0 Å². The first-order valence-corrected chi connectivity index (χ1v) is 4.13. The molecule has 4 nitrogen and oxygen atoms in total. The summed E-state index contributed by atoms with van der Waals surface area (Å²) in [7, 11) is 0. The Bertz CT molecular complexity index is 410. The van der Waals surface area contributed by atoms with E-state index in [-0.39, 0.29) is 6.54 Å². The molecule has 0 aromatic carbocycles. The first kappa shape index (κ1) is 8.22. The van der Waals surface area contributed by atoms with Crippen LogP contribution in [0, 0.1) is 0 Å². The van der Waals surface area contributed by atoms with E-state index in [0.29, 0.717) is 0 Å². The Morgan fingerprint density at radius 2 is 2.46 bits per heavy atom. The summed E-state index contributed by atoms with van der Waals surface area (Å²) in [6.45, 7) is 0.224. The number of nitrogens with zero attached hydrogens (tertiary/aromatic N) is 1. The molecule has 1 atom stereocenters. The second-order valence-electron chi connectivity index (χ2n) is 2.90. The topological polar surface area (TPSA) is 74.9 Å². The molecule has 0 aliphatic carbocycles. The first-order chi connectivity index (χ1) is 6.33. The lowest BCUT2D eigenvalue weighted by Crippen LogP contribution is -2.10. The van der Waals surface area contributed by atoms with E-state index in [1.165, 1.54) is 0 Å². The fourth-order valence-corrected chi connectivity index (χ4v) is 1.38. The number of aromatic amines is 1. The van der Waals surface area contributed by atoms with Crippen LogP contribution in [0.3, 0.4) is 0 Å². The molecular formula is C9H11N3O. The van der Waals surface area contributed by atoms with Gasteiger partial charge >= 0.3 is 0 Å². The minimum absolute atomic E-state index is 0.224. The van der Waals surface area contributed by atoms with Crippen molar-refractivity contribution in [2.45, 2.75) is 6.10 Å². The van der Waals surface area contributed by atoms with Gasteiger partial charge < -0.3 is 15.8 Å². The van der Waals surface area contributed by atoms with Crippen molar-refractivity contribution in [3.05, 3.63) is 30.1 Å². The highest BCUT2D eigenvalue weighted by molar-refractivity contribution is 5.79. The van der Waals surface area contributed by atoms with Gasteiger partial charge in [-0.05, 0) is 12.1 Å². The van der Waals surface area contributed by atoms with Crippen LogP contribution >= 0.6 is 0 Å². The van der Waals surface area contributed by atoms with Gasteiger partial charge in [-0.25, -0.2) is 4.98 Å². The number of fused-ring (bicyclic) bond motifs is 1. The Hall–Kier alpha value is -1.39. The number of hydrogen-bond acceptors (Lipinski definition) is 3. The molecule has 4 heteroatoms. The zero-order valence-electron chi connectivity index (χ0n) is 7.07. The van der Waals surface area contributed by atoms with E-state index in [4.69, 9.17) is 5.73 Å². The van der Waals surface area contributed by atoms with Gasteiger partial charge in [0.1, 0.15) is 5.65 Å². The van der Waals surface area contributed by atoms with Gasteiger partial charge in [0.25, 0.3) is 0 Å². The third kappa shape index (κ3) is 1.30. The third-order valence-corrected chi connectivity index (χ3v) is 2.07. The fourth-order valence-electron chi connectivity index (χ4n) is 1.38. The summed E-state index contributed by atoms with van der Waals surface area (Å²) in [6.07, 6.45) is 2.84. The maximum atomic E-state index is 9.54. The smallest absolute Gasteiger partial charge is 0.137 e. The molecular weight excluding hydrogens is 166 g/mol. The highest BCUT2D eigenvalue weighted by Gasteiger charge is 2.10. The molecule has 0 amide bonds. The monoisotopic (exact) mass is 177 g/mol. The zero-order chi connectivity index (χ0) is 9.26. The molecule has 0 fully saturated rings. The number of rotatable bonds is 2. The van der Waals surface area contributed by atoms with Crippen LogP contribution < -0.4 is 5.73 Å². The summed E-state index contributed by atoms with van der Waals surface area (Å²) in [5, 5.41) is 10.5. The maximum absolute atomic E-state index is 9.54. The number of hydrogen-bond donors (Lipinski definition) is 3. The highest BCUT2D eigenvalue weighted by atomic mass is 16.3. The molecule has 0 radical (unpaired) electrons. The minimum atomic E-state index is -0.613. The summed E-state index contributed by atoms with van der Waals surface area (Å²) in [4.78, 5) is 7.09. The van der Waals surface area contributed by atoms with Crippen LogP contribution in [0.1, 0.15) is 11.7 Å². The normalized spacial score (nSPS) is 13.4. The van der Waals surface area contributed by atoms with Crippen LogP contribution in [0.5, 0.6) is 0 Å². The van der Waals surface area contributed by atoms with E-state index in [1.54, 1.807) is 12.4 Å². The van der Waals surface area contributed by atoms with Crippen molar-refractivity contribution in [2.24, 2.45) is 5.73 Å². The number of nitrogens with one attached hydrogen (secondary N) is 1. The van der Waals surface area contributed by atoms with E-state index < -0.39 is 6.10 Å². The minimum Gasteiger partial charge on any atom is -0.387 e. The second kappa shape index (κ2) is 3.16. The zero-order valence-corrected chi connectivity index (χ0v) is 7.07. The second-order valence-corrected chi connectivity index (χ2v) is 2.90. The van der Waals surface area contributed by atoms with Gasteiger partial charge in [0, 0.05) is 29.9 Å². The van der Waals surface area contributed by atoms with Crippen molar-refractivity contribution in [3.63, 3.8) is 0 Å². The Morgan fingerprint density at radius 1 is 1.62 bits per heavy atom. The van der Waals surface area contributed by atoms with E-state index >= 15 is 0 Å². The van der Waals surface area contributed by atoms with Gasteiger partial charge in [0.05, 0.1) is 6.10 Å². The molecule has 0 saturated heterocycles. The third-order valence-electron chi connectivity index (χ3n) is 2.07. The first-order valence-electron chi connectivity index (χ1n) is 4.13. The molecule has 0 saturated carbocycles. The van der Waals surface area contributed by atoms with Crippen molar-refractivity contribution in [1.82, 2.24) is 9.97 Å². The molecule has 68 valence electrons. The van der Waals surface area contributed by atoms with E-state index in [1.807, 2.05) is 12.1 Å². The molecule has 2 aromatic rings. The lowest BCUT2D eigenvalue weighted by Gasteiger charge is -2.04. The average molecular weight is 177 g/mol. The number of aliphatic hydroxyl groups is 1. The summed E-state index contributed by atoms with van der Waals surface area (Å²) in [6, 6.07) is 3.75. The Kier molecular flexibility index (Phi) is 2.00. The molecule has 2 aromatic heterocycles. The van der Waals surface area contributed by atoms with Crippen molar-refractivity contribution in [1.29, 1.82) is 0 Å². The van der Waals surface area contributed by atoms with Crippen molar-refractivity contribution < 1.29 is 5.11 Å². The summed E-state index contributed by atoms with van der Waals surface area (Å²) < 4.78 is 0. The Labute approximate surface area is 75.4 Å². The summed E-state index contributed by atoms with van der Waals surface area (Å²) in [5.41, 5.74) is 6.96. The molecule has 0 aliphatic rings. The quantitative estimate of drug-likeness (QED) is 0.627. The van der Waals surface area contributed by atoms with Gasteiger partial charge in [-0.15, -0.1) is 0 Å². The number of nitrogens with two attached hydrogens (primary N) is 1. The van der Waals surface area contributed by atoms with E-state index in [0.717, 1.165) is 16.6 Å². The lowest BCUT2D eigenvalue weighted by atomic mass is 10.1. The highest BCUT2D eigenvalue weighted by Crippen LogP contribution is 2.21. The lowest BCUT2D eigenvalue weighted by molar-refractivity contribution is 0.188. The van der Waals surface area contributed by atoms with Crippen LogP contribution in [0.25, 0.3) is 11.0 Å². The predicted octanol–water partition coefficient (Wildman–Crippen LogP) is 0.555. The SMILES string of the molecule is NCC(O)c1c[nH]c2ncccc12. The molecule has 0 bridgehead atoms. The van der Waals surface area contributed by atoms with Crippen LogP contribution in [0.2, 0.25) is 0 Å².